The van der Waals surface area contributed by atoms with E-state index in [1.807, 2.05) is 31.2 Å². The van der Waals surface area contributed by atoms with E-state index in [4.69, 9.17) is 4.74 Å². The molecule has 4 rings (SSSR count). The molecule has 0 saturated carbocycles. The number of sulfonamides is 1. The normalized spacial score (nSPS) is 14.6. The molecule has 0 saturated heterocycles. The second kappa shape index (κ2) is 5.03. The monoisotopic (exact) mass is 328 g/mol. The van der Waals surface area contributed by atoms with Gasteiger partial charge in [0.05, 0.1) is 17.0 Å². The Kier molecular flexibility index (Phi) is 3.09. The number of hydrogen-bond acceptors (Lipinski definition) is 3. The van der Waals surface area contributed by atoms with Crippen LogP contribution in [-0.2, 0) is 10.0 Å². The summed E-state index contributed by atoms with van der Waals surface area (Å²) in [6, 6.07) is 14.5. The van der Waals surface area contributed by atoms with Gasteiger partial charge in [-0.3, -0.25) is 0 Å². The lowest BCUT2D eigenvalue weighted by atomic mass is 10.2. The molecule has 1 N–H and O–H groups in total. The highest BCUT2D eigenvalue weighted by molar-refractivity contribution is 7.92. The minimum atomic E-state index is -3.62. The van der Waals surface area contributed by atoms with Crippen LogP contribution in [-0.4, -0.2) is 26.6 Å². The number of nitrogens with one attached hydrogen (secondary N) is 1. The fourth-order valence-electron chi connectivity index (χ4n) is 2.84. The maximum atomic E-state index is 13.0. The molecule has 0 spiro atoms. The number of hydrogen-bond donors (Lipinski definition) is 1. The Hall–Kier alpha value is -2.47. The largest absolute Gasteiger partial charge is 0.487 e. The van der Waals surface area contributed by atoms with E-state index in [0.29, 0.717) is 18.2 Å². The first-order valence-electron chi connectivity index (χ1n) is 7.40. The van der Waals surface area contributed by atoms with Gasteiger partial charge in [-0.25, -0.2) is 12.7 Å². The summed E-state index contributed by atoms with van der Waals surface area (Å²) >= 11 is 0. The van der Waals surface area contributed by atoms with Gasteiger partial charge >= 0.3 is 0 Å². The smallest absolute Gasteiger partial charge is 0.265 e. The SMILES string of the molecule is Cc1ccc(S(=O)(=O)N2CCOc3c2[nH]c2ccccc32)cc1. The first kappa shape index (κ1) is 14.1. The van der Waals surface area contributed by atoms with Crippen molar-refractivity contribution in [2.45, 2.75) is 11.8 Å². The van der Waals surface area contributed by atoms with E-state index >= 15 is 0 Å². The van der Waals surface area contributed by atoms with E-state index < -0.39 is 10.0 Å². The fourth-order valence-corrected chi connectivity index (χ4v) is 4.26. The van der Waals surface area contributed by atoms with E-state index in [0.717, 1.165) is 16.5 Å². The third-order valence-corrected chi connectivity index (χ3v) is 5.85. The lowest BCUT2D eigenvalue weighted by molar-refractivity contribution is 0.319. The zero-order valence-corrected chi connectivity index (χ0v) is 13.4. The minimum Gasteiger partial charge on any atom is -0.487 e. The molecular weight excluding hydrogens is 312 g/mol. The summed E-state index contributed by atoms with van der Waals surface area (Å²) < 4.78 is 33.1. The number of nitrogens with zero attached hydrogens (tertiary/aromatic N) is 1. The lowest BCUT2D eigenvalue weighted by Gasteiger charge is -2.28. The number of ether oxygens (including phenoxy) is 1. The summed E-state index contributed by atoms with van der Waals surface area (Å²) in [5.41, 5.74) is 1.89. The van der Waals surface area contributed by atoms with Gasteiger partial charge in [-0.2, -0.15) is 0 Å². The van der Waals surface area contributed by atoms with Gasteiger partial charge in [0.25, 0.3) is 10.0 Å². The summed E-state index contributed by atoms with van der Waals surface area (Å²) in [5.74, 6) is 1.10. The van der Waals surface area contributed by atoms with Crippen LogP contribution in [0.25, 0.3) is 10.9 Å². The minimum absolute atomic E-state index is 0.287. The number of para-hydroxylation sites is 1. The van der Waals surface area contributed by atoms with Gasteiger partial charge in [0.1, 0.15) is 6.61 Å². The van der Waals surface area contributed by atoms with E-state index in [1.165, 1.54) is 4.31 Å². The molecule has 0 bridgehead atoms. The molecule has 2 heterocycles. The molecule has 23 heavy (non-hydrogen) atoms. The van der Waals surface area contributed by atoms with Crippen molar-refractivity contribution in [1.82, 2.24) is 4.98 Å². The Morgan fingerprint density at radius 1 is 1.09 bits per heavy atom. The summed E-state index contributed by atoms with van der Waals surface area (Å²) in [5, 5.41) is 0.895. The number of anilines is 1. The molecule has 1 aliphatic rings. The third kappa shape index (κ3) is 2.17. The second-order valence-corrected chi connectivity index (χ2v) is 7.45. The number of aryl methyl sites for hydroxylation is 1. The Morgan fingerprint density at radius 3 is 2.61 bits per heavy atom. The molecule has 0 aliphatic carbocycles. The molecular formula is C17H16N2O3S. The van der Waals surface area contributed by atoms with Crippen LogP contribution in [0.15, 0.2) is 53.4 Å². The summed E-state index contributed by atoms with van der Waals surface area (Å²) in [6.07, 6.45) is 0. The Balaban J connectivity index is 1.87. The Labute approximate surface area is 134 Å². The lowest BCUT2D eigenvalue weighted by Crippen LogP contribution is -2.37. The average molecular weight is 328 g/mol. The molecule has 2 aromatic carbocycles. The van der Waals surface area contributed by atoms with E-state index in [-0.39, 0.29) is 11.4 Å². The van der Waals surface area contributed by atoms with Gasteiger partial charge in [0.2, 0.25) is 0 Å². The Bertz CT molecular complexity index is 975. The number of fused-ring (bicyclic) bond motifs is 3. The summed E-state index contributed by atoms with van der Waals surface area (Å²) in [7, 11) is -3.62. The van der Waals surface area contributed by atoms with Crippen molar-refractivity contribution >= 4 is 26.7 Å². The van der Waals surface area contributed by atoms with Gasteiger partial charge < -0.3 is 9.72 Å². The maximum Gasteiger partial charge on any atom is 0.265 e. The quantitative estimate of drug-likeness (QED) is 0.786. The second-order valence-electron chi connectivity index (χ2n) is 5.59. The number of aromatic amines is 1. The van der Waals surface area contributed by atoms with Crippen LogP contribution in [0.2, 0.25) is 0 Å². The highest BCUT2D eigenvalue weighted by atomic mass is 32.2. The number of aromatic nitrogens is 1. The zero-order valence-electron chi connectivity index (χ0n) is 12.6. The van der Waals surface area contributed by atoms with Gasteiger partial charge in [-0.15, -0.1) is 0 Å². The average Bonchev–Trinajstić information content (AvgIpc) is 2.93. The van der Waals surface area contributed by atoms with E-state index in [9.17, 15) is 8.42 Å². The number of rotatable bonds is 2. The van der Waals surface area contributed by atoms with Crippen LogP contribution in [0.5, 0.6) is 5.75 Å². The molecule has 5 nitrogen and oxygen atoms in total. The predicted molar refractivity (Wildman–Crippen MR) is 89.5 cm³/mol. The molecule has 0 fully saturated rings. The van der Waals surface area contributed by atoms with E-state index in [2.05, 4.69) is 4.98 Å². The van der Waals surface area contributed by atoms with Crippen molar-refractivity contribution in [3.8, 4) is 5.75 Å². The topological polar surface area (TPSA) is 62.4 Å². The van der Waals surface area contributed by atoms with Crippen LogP contribution in [0.4, 0.5) is 5.82 Å². The summed E-state index contributed by atoms with van der Waals surface area (Å²) in [6.45, 7) is 2.55. The molecule has 118 valence electrons. The standard InChI is InChI=1S/C17H16N2O3S/c1-12-6-8-13(9-7-12)23(20,21)19-10-11-22-16-14-4-2-3-5-15(14)18-17(16)19/h2-9,18H,10-11H2,1H3. The van der Waals surface area contributed by atoms with Crippen LogP contribution in [0.1, 0.15) is 5.56 Å². The molecule has 0 radical (unpaired) electrons. The van der Waals surface area contributed by atoms with Crippen LogP contribution in [0, 0.1) is 6.92 Å². The van der Waals surface area contributed by atoms with Gasteiger partial charge in [0, 0.05) is 5.39 Å². The molecule has 0 atom stereocenters. The highest BCUT2D eigenvalue weighted by Gasteiger charge is 2.32. The van der Waals surface area contributed by atoms with Crippen molar-refractivity contribution in [1.29, 1.82) is 0 Å². The molecule has 0 unspecified atom stereocenters. The molecule has 0 amide bonds. The number of H-pyrrole nitrogens is 1. The van der Waals surface area contributed by atoms with Crippen LogP contribution < -0.4 is 9.04 Å². The zero-order chi connectivity index (χ0) is 16.0. The van der Waals surface area contributed by atoms with Crippen LogP contribution in [0.3, 0.4) is 0 Å². The third-order valence-electron chi connectivity index (χ3n) is 4.04. The van der Waals surface area contributed by atoms with Crippen molar-refractivity contribution in [2.75, 3.05) is 17.5 Å². The number of benzene rings is 2. The first-order valence-corrected chi connectivity index (χ1v) is 8.84. The highest BCUT2D eigenvalue weighted by Crippen LogP contribution is 2.40. The first-order chi connectivity index (χ1) is 11.1. The molecule has 3 aromatic rings. The van der Waals surface area contributed by atoms with Gasteiger partial charge in [0.15, 0.2) is 11.6 Å². The summed E-state index contributed by atoms with van der Waals surface area (Å²) in [4.78, 5) is 3.46. The molecule has 1 aromatic heterocycles. The van der Waals surface area contributed by atoms with Gasteiger partial charge in [-0.05, 0) is 31.2 Å². The predicted octanol–water partition coefficient (Wildman–Crippen LogP) is 3.06. The van der Waals surface area contributed by atoms with Crippen LogP contribution >= 0.6 is 0 Å². The van der Waals surface area contributed by atoms with E-state index in [1.54, 1.807) is 24.3 Å². The van der Waals surface area contributed by atoms with Crippen molar-refractivity contribution in [2.24, 2.45) is 0 Å². The van der Waals surface area contributed by atoms with Crippen molar-refractivity contribution < 1.29 is 13.2 Å². The van der Waals surface area contributed by atoms with Crippen molar-refractivity contribution in [3.05, 3.63) is 54.1 Å². The van der Waals surface area contributed by atoms with Crippen molar-refractivity contribution in [3.63, 3.8) is 0 Å². The fraction of sp³-hybridized carbons (Fsp3) is 0.176. The Morgan fingerprint density at radius 2 is 1.83 bits per heavy atom. The maximum absolute atomic E-state index is 13.0. The van der Waals surface area contributed by atoms with Gasteiger partial charge in [-0.1, -0.05) is 29.8 Å². The molecule has 1 aliphatic heterocycles. The molecule has 6 heteroatoms.